The summed E-state index contributed by atoms with van der Waals surface area (Å²) in [6.07, 6.45) is -0.148. The number of hydrogen-bond donors (Lipinski definition) is 1. The Labute approximate surface area is 166 Å². The number of alkyl carbamates (subject to hydrolysis) is 1. The van der Waals surface area contributed by atoms with Crippen LogP contribution in [-0.2, 0) is 14.3 Å². The number of methoxy groups -OCH3 is 1. The number of carbonyl (C=O) groups excluding carboxylic acids is 2. The quantitative estimate of drug-likeness (QED) is 0.775. The summed E-state index contributed by atoms with van der Waals surface area (Å²) in [5.74, 6) is -0.485. The van der Waals surface area contributed by atoms with Crippen molar-refractivity contribution in [1.82, 2.24) is 5.32 Å². The largest absolute Gasteiger partial charge is 0.467 e. The van der Waals surface area contributed by atoms with E-state index in [9.17, 15) is 9.59 Å². The highest BCUT2D eigenvalue weighted by molar-refractivity contribution is 5.82. The molecule has 0 heterocycles. The highest BCUT2D eigenvalue weighted by Crippen LogP contribution is 2.44. The van der Waals surface area contributed by atoms with E-state index in [1.165, 1.54) is 18.2 Å². The van der Waals surface area contributed by atoms with Gasteiger partial charge >= 0.3 is 12.1 Å². The van der Waals surface area contributed by atoms with Gasteiger partial charge in [0.2, 0.25) is 0 Å². The Bertz CT molecular complexity index is 823. The summed E-state index contributed by atoms with van der Waals surface area (Å²) < 4.78 is 10.3. The van der Waals surface area contributed by atoms with Gasteiger partial charge in [0.1, 0.15) is 12.6 Å². The van der Waals surface area contributed by atoms with Gasteiger partial charge in [0.05, 0.1) is 7.11 Å². The summed E-state index contributed by atoms with van der Waals surface area (Å²) in [4.78, 5) is 24.4. The topological polar surface area (TPSA) is 64.6 Å². The van der Waals surface area contributed by atoms with Crippen LogP contribution >= 0.6 is 0 Å². The number of esters is 1. The lowest BCUT2D eigenvalue weighted by Gasteiger charge is -2.25. The third-order valence-corrected chi connectivity index (χ3v) is 4.94. The summed E-state index contributed by atoms with van der Waals surface area (Å²) in [5, 5.41) is 2.66. The molecule has 2 aromatic carbocycles. The smallest absolute Gasteiger partial charge is 0.407 e. The Hall–Kier alpha value is -2.82. The molecule has 148 valence electrons. The van der Waals surface area contributed by atoms with Gasteiger partial charge in [-0.05, 0) is 34.1 Å². The molecule has 28 heavy (non-hydrogen) atoms. The van der Waals surface area contributed by atoms with Crippen molar-refractivity contribution >= 4 is 12.1 Å². The number of benzene rings is 2. The molecule has 0 bridgehead atoms. The lowest BCUT2D eigenvalue weighted by Crippen LogP contribution is -2.44. The second-order valence-corrected chi connectivity index (χ2v) is 8.31. The first kappa shape index (κ1) is 19.9. The van der Waals surface area contributed by atoms with Gasteiger partial charge in [-0.25, -0.2) is 9.59 Å². The van der Waals surface area contributed by atoms with Gasteiger partial charge in [0, 0.05) is 5.92 Å². The molecular weight excluding hydrogens is 354 g/mol. The molecule has 2 aromatic rings. The highest BCUT2D eigenvalue weighted by Gasteiger charge is 2.31. The SMILES string of the molecule is COC(=O)C(CC(C)(C)C)NC(=O)OCC1c2ccccc2-c2ccccc21. The second kappa shape index (κ2) is 8.05. The van der Waals surface area contributed by atoms with Crippen LogP contribution in [0.15, 0.2) is 48.5 Å². The Morgan fingerprint density at radius 2 is 1.54 bits per heavy atom. The number of hydrogen-bond acceptors (Lipinski definition) is 4. The summed E-state index contributed by atoms with van der Waals surface area (Å²) in [5.41, 5.74) is 4.50. The molecule has 0 spiro atoms. The number of amides is 1. The Morgan fingerprint density at radius 3 is 2.04 bits per heavy atom. The number of carbonyl (C=O) groups is 2. The Balaban J connectivity index is 1.70. The first-order valence-corrected chi connectivity index (χ1v) is 9.49. The molecule has 5 heteroatoms. The minimum Gasteiger partial charge on any atom is -0.467 e. The number of fused-ring (bicyclic) bond motifs is 3. The zero-order valence-electron chi connectivity index (χ0n) is 16.8. The maximum absolute atomic E-state index is 12.4. The minimum absolute atomic E-state index is 0.0163. The van der Waals surface area contributed by atoms with E-state index >= 15 is 0 Å². The molecule has 1 atom stereocenters. The van der Waals surface area contributed by atoms with E-state index in [1.54, 1.807) is 0 Å². The third-order valence-electron chi connectivity index (χ3n) is 4.94. The predicted molar refractivity (Wildman–Crippen MR) is 108 cm³/mol. The van der Waals surface area contributed by atoms with E-state index in [2.05, 4.69) is 29.6 Å². The van der Waals surface area contributed by atoms with Crippen LogP contribution in [0.1, 0.15) is 44.2 Å². The zero-order valence-corrected chi connectivity index (χ0v) is 16.8. The lowest BCUT2D eigenvalue weighted by atomic mass is 9.88. The molecule has 5 nitrogen and oxygen atoms in total. The second-order valence-electron chi connectivity index (χ2n) is 8.31. The molecule has 1 aliphatic carbocycles. The molecule has 1 amide bonds. The zero-order chi connectivity index (χ0) is 20.3. The molecule has 0 aliphatic heterocycles. The van der Waals surface area contributed by atoms with E-state index in [-0.39, 0.29) is 17.9 Å². The molecule has 0 radical (unpaired) electrons. The Morgan fingerprint density at radius 1 is 1.00 bits per heavy atom. The highest BCUT2D eigenvalue weighted by atomic mass is 16.6. The van der Waals surface area contributed by atoms with Crippen LogP contribution in [0, 0.1) is 5.41 Å². The molecule has 0 aromatic heterocycles. The maximum Gasteiger partial charge on any atom is 0.407 e. The van der Waals surface area contributed by atoms with Crippen molar-refractivity contribution in [3.63, 3.8) is 0 Å². The summed E-state index contributed by atoms with van der Waals surface area (Å²) in [6, 6.07) is 15.6. The van der Waals surface area contributed by atoms with Crippen molar-refractivity contribution in [2.45, 2.75) is 39.2 Å². The van der Waals surface area contributed by atoms with Crippen molar-refractivity contribution in [1.29, 1.82) is 0 Å². The molecule has 1 aliphatic rings. The standard InChI is InChI=1S/C23H27NO4/c1-23(2,3)13-20(21(25)27-4)24-22(26)28-14-19-17-11-7-5-9-15(17)16-10-6-8-12-18(16)19/h5-12,19-20H,13-14H2,1-4H3,(H,24,26). The molecular formula is C23H27NO4. The first-order valence-electron chi connectivity index (χ1n) is 9.49. The van der Waals surface area contributed by atoms with Crippen LogP contribution in [0.3, 0.4) is 0 Å². The molecule has 3 rings (SSSR count). The van der Waals surface area contributed by atoms with Crippen molar-refractivity contribution in [2.75, 3.05) is 13.7 Å². The van der Waals surface area contributed by atoms with Crippen molar-refractivity contribution in [3.05, 3.63) is 59.7 Å². The van der Waals surface area contributed by atoms with Crippen LogP contribution in [0.25, 0.3) is 11.1 Å². The van der Waals surface area contributed by atoms with Gasteiger partial charge in [-0.2, -0.15) is 0 Å². The number of rotatable bonds is 5. The normalized spacial score (nSPS) is 14.0. The van der Waals surface area contributed by atoms with Crippen LogP contribution < -0.4 is 5.32 Å². The monoisotopic (exact) mass is 381 g/mol. The lowest BCUT2D eigenvalue weighted by molar-refractivity contribution is -0.143. The summed E-state index contributed by atoms with van der Waals surface area (Å²) >= 11 is 0. The number of nitrogens with one attached hydrogen (secondary N) is 1. The molecule has 0 fully saturated rings. The number of ether oxygens (including phenoxy) is 2. The van der Waals surface area contributed by atoms with Gasteiger partial charge in [0.15, 0.2) is 0 Å². The van der Waals surface area contributed by atoms with E-state index in [4.69, 9.17) is 9.47 Å². The van der Waals surface area contributed by atoms with Gasteiger partial charge in [0.25, 0.3) is 0 Å². The predicted octanol–water partition coefficient (Wildman–Crippen LogP) is 4.50. The van der Waals surface area contributed by atoms with Crippen molar-refractivity contribution < 1.29 is 19.1 Å². The summed E-state index contributed by atoms with van der Waals surface area (Å²) in [6.45, 7) is 6.22. The fourth-order valence-corrected chi connectivity index (χ4v) is 3.73. The first-order chi connectivity index (χ1) is 13.3. The van der Waals surface area contributed by atoms with Gasteiger partial charge < -0.3 is 14.8 Å². The van der Waals surface area contributed by atoms with Gasteiger partial charge in [-0.15, -0.1) is 0 Å². The average molecular weight is 381 g/mol. The fourth-order valence-electron chi connectivity index (χ4n) is 3.73. The third kappa shape index (κ3) is 4.35. The molecule has 1 unspecified atom stereocenters. The van der Waals surface area contributed by atoms with Crippen LogP contribution in [0.4, 0.5) is 4.79 Å². The van der Waals surface area contributed by atoms with Crippen LogP contribution in [0.5, 0.6) is 0 Å². The maximum atomic E-state index is 12.4. The fraction of sp³-hybridized carbons (Fsp3) is 0.391. The van der Waals surface area contributed by atoms with Gasteiger partial charge in [-0.3, -0.25) is 0 Å². The van der Waals surface area contributed by atoms with Crippen LogP contribution in [-0.4, -0.2) is 31.8 Å². The van der Waals surface area contributed by atoms with Crippen molar-refractivity contribution in [2.24, 2.45) is 5.41 Å². The van der Waals surface area contributed by atoms with Crippen molar-refractivity contribution in [3.8, 4) is 11.1 Å². The molecule has 1 N–H and O–H groups in total. The van der Waals surface area contributed by atoms with E-state index < -0.39 is 18.1 Å². The summed E-state index contributed by atoms with van der Waals surface area (Å²) in [7, 11) is 1.32. The van der Waals surface area contributed by atoms with Gasteiger partial charge in [-0.1, -0.05) is 69.3 Å². The molecule has 0 saturated heterocycles. The van der Waals surface area contributed by atoms with Crippen LogP contribution in [0.2, 0.25) is 0 Å². The van der Waals surface area contributed by atoms with E-state index in [1.807, 2.05) is 45.0 Å². The van der Waals surface area contributed by atoms with E-state index in [0.29, 0.717) is 6.42 Å². The van der Waals surface area contributed by atoms with E-state index in [0.717, 1.165) is 11.1 Å². The minimum atomic E-state index is -0.736. The Kier molecular flexibility index (Phi) is 5.73. The average Bonchev–Trinajstić information content (AvgIpc) is 2.98. The molecule has 0 saturated carbocycles.